The first-order chi connectivity index (χ1) is 16.2. The van der Waals surface area contributed by atoms with Crippen LogP contribution in [-0.2, 0) is 21.2 Å². The molecule has 35 heavy (non-hydrogen) atoms. The number of sulfonamides is 1. The summed E-state index contributed by atoms with van der Waals surface area (Å²) in [7, 11) is -1.84. The van der Waals surface area contributed by atoms with Gasteiger partial charge in [0.15, 0.2) is 0 Å². The van der Waals surface area contributed by atoms with E-state index in [-0.39, 0.29) is 35.6 Å². The summed E-state index contributed by atoms with van der Waals surface area (Å²) in [6.07, 6.45) is 1.56. The second kappa shape index (κ2) is 10.8. The third-order valence-corrected chi connectivity index (χ3v) is 7.19. The monoisotopic (exact) mass is 513 g/mol. The van der Waals surface area contributed by atoms with E-state index in [0.717, 1.165) is 29.8 Å². The molecule has 4 N–H and O–H groups in total. The molecular weight excluding hydrogens is 486 g/mol. The number of carbonyl (C=O) groups is 1. The van der Waals surface area contributed by atoms with E-state index in [1.807, 2.05) is 24.1 Å². The largest absolute Gasteiger partial charge is 0.384 e. The second-order valence-electron chi connectivity index (χ2n) is 8.23. The molecule has 0 atom stereocenters. The maximum absolute atomic E-state index is 13.1. The first-order valence-electron chi connectivity index (χ1n) is 10.9. The lowest BCUT2D eigenvalue weighted by Crippen LogP contribution is -2.41. The second-order valence-corrected chi connectivity index (χ2v) is 9.91. The minimum Gasteiger partial charge on any atom is -0.384 e. The third-order valence-electron chi connectivity index (χ3n) is 5.80. The molecule has 10 heteroatoms. The highest BCUT2D eigenvalue weighted by molar-refractivity contribution is 7.92. The Bertz CT molecular complexity index is 1310. The lowest BCUT2D eigenvalue weighted by Gasteiger charge is -2.31. The molecule has 0 aliphatic carbocycles. The summed E-state index contributed by atoms with van der Waals surface area (Å²) < 4.78 is 27.9. The van der Waals surface area contributed by atoms with E-state index in [1.54, 1.807) is 65.6 Å². The van der Waals surface area contributed by atoms with Gasteiger partial charge in [0.1, 0.15) is 5.84 Å². The Kier molecular flexibility index (Phi) is 8.03. The summed E-state index contributed by atoms with van der Waals surface area (Å²) in [6.45, 7) is 0.791. The van der Waals surface area contributed by atoms with Crippen molar-refractivity contribution in [1.29, 1.82) is 5.41 Å². The number of hydrogen-bond acceptors (Lipinski definition) is 5. The van der Waals surface area contributed by atoms with Crippen LogP contribution in [0.5, 0.6) is 0 Å². The fourth-order valence-electron chi connectivity index (χ4n) is 4.01. The van der Waals surface area contributed by atoms with Crippen LogP contribution in [0.15, 0.2) is 77.7 Å². The number of nitrogens with one attached hydrogen (secondary N) is 2. The summed E-state index contributed by atoms with van der Waals surface area (Å²) in [4.78, 5) is 16.9. The SMILES string of the molecule is CN(CC(=O)N1CCCc2cc(NS(=O)(=O)c3ccccc3)ccc21)c1ccc(C(=N)N)cc1.Cl. The van der Waals surface area contributed by atoms with Crippen molar-refractivity contribution in [3.05, 3.63) is 83.9 Å². The summed E-state index contributed by atoms with van der Waals surface area (Å²) in [5, 5.41) is 7.50. The van der Waals surface area contributed by atoms with E-state index in [1.165, 1.54) is 0 Å². The van der Waals surface area contributed by atoms with Gasteiger partial charge in [0.2, 0.25) is 5.91 Å². The van der Waals surface area contributed by atoms with Gasteiger partial charge in [-0.2, -0.15) is 0 Å². The van der Waals surface area contributed by atoms with E-state index in [2.05, 4.69) is 4.72 Å². The molecule has 0 saturated heterocycles. The molecule has 1 amide bonds. The van der Waals surface area contributed by atoms with Gasteiger partial charge in [-0.25, -0.2) is 8.42 Å². The number of nitrogens with two attached hydrogens (primary N) is 1. The molecular formula is C25H28ClN5O3S. The predicted octanol–water partition coefficient (Wildman–Crippen LogP) is 3.61. The molecule has 8 nitrogen and oxygen atoms in total. The Labute approximate surface area is 211 Å². The molecule has 0 spiro atoms. The number of halogens is 1. The van der Waals surface area contributed by atoms with Gasteiger partial charge in [-0.05, 0) is 73.0 Å². The van der Waals surface area contributed by atoms with Crippen molar-refractivity contribution in [3.8, 4) is 0 Å². The maximum Gasteiger partial charge on any atom is 0.261 e. The normalized spacial score (nSPS) is 12.8. The quantitative estimate of drug-likeness (QED) is 0.329. The minimum atomic E-state index is -3.68. The van der Waals surface area contributed by atoms with Crippen LogP contribution in [-0.4, -0.2) is 40.3 Å². The summed E-state index contributed by atoms with van der Waals surface area (Å²) >= 11 is 0. The zero-order valence-corrected chi connectivity index (χ0v) is 20.9. The Morgan fingerprint density at radius 3 is 2.43 bits per heavy atom. The van der Waals surface area contributed by atoms with Gasteiger partial charge in [0, 0.05) is 36.2 Å². The fraction of sp³-hybridized carbons (Fsp3) is 0.200. The number of carbonyl (C=O) groups excluding carboxylic acids is 1. The first-order valence-corrected chi connectivity index (χ1v) is 12.4. The lowest BCUT2D eigenvalue weighted by molar-refractivity contribution is -0.117. The lowest BCUT2D eigenvalue weighted by atomic mass is 10.0. The van der Waals surface area contributed by atoms with Crippen LogP contribution in [0.25, 0.3) is 0 Å². The smallest absolute Gasteiger partial charge is 0.261 e. The van der Waals surface area contributed by atoms with Crippen molar-refractivity contribution in [2.45, 2.75) is 17.7 Å². The summed E-state index contributed by atoms with van der Waals surface area (Å²) in [6, 6.07) is 20.7. The van der Waals surface area contributed by atoms with Gasteiger partial charge in [0.25, 0.3) is 10.0 Å². The van der Waals surface area contributed by atoms with Crippen molar-refractivity contribution < 1.29 is 13.2 Å². The molecule has 0 bridgehead atoms. The molecule has 3 aromatic rings. The van der Waals surface area contributed by atoms with Gasteiger partial charge in [0.05, 0.1) is 11.4 Å². The first kappa shape index (κ1) is 26.1. The van der Waals surface area contributed by atoms with Crippen LogP contribution < -0.4 is 20.3 Å². The number of fused-ring (bicyclic) bond motifs is 1. The number of nitrogen functional groups attached to an aromatic ring is 1. The van der Waals surface area contributed by atoms with Gasteiger partial charge in [-0.15, -0.1) is 12.4 Å². The topological polar surface area (TPSA) is 120 Å². The number of hydrogen-bond donors (Lipinski definition) is 3. The van der Waals surface area contributed by atoms with Crippen LogP contribution in [0.3, 0.4) is 0 Å². The number of amidine groups is 1. The average Bonchev–Trinajstić information content (AvgIpc) is 2.83. The number of nitrogens with zero attached hydrogens (tertiary/aromatic N) is 2. The standard InChI is InChI=1S/C25H27N5O3S.ClH/c1-29(21-12-9-18(10-13-21)25(26)27)17-24(31)30-15-5-6-19-16-20(11-14-23(19)30)28-34(32,33)22-7-3-2-4-8-22;/h2-4,7-14,16,28H,5-6,15,17H2,1H3,(H3,26,27);1H. The molecule has 0 aromatic heterocycles. The van der Waals surface area contributed by atoms with E-state index >= 15 is 0 Å². The number of rotatable bonds is 7. The summed E-state index contributed by atoms with van der Waals surface area (Å²) in [5.74, 6) is -0.0441. The van der Waals surface area contributed by atoms with Crippen molar-refractivity contribution in [2.24, 2.45) is 5.73 Å². The molecule has 0 radical (unpaired) electrons. The van der Waals surface area contributed by atoms with Gasteiger partial charge in [-0.3, -0.25) is 14.9 Å². The third kappa shape index (κ3) is 5.93. The van der Waals surface area contributed by atoms with Crippen LogP contribution in [0.4, 0.5) is 17.1 Å². The number of amides is 1. The number of anilines is 3. The van der Waals surface area contributed by atoms with Crippen molar-refractivity contribution in [1.82, 2.24) is 0 Å². The maximum atomic E-state index is 13.1. The highest BCUT2D eigenvalue weighted by atomic mass is 35.5. The number of aryl methyl sites for hydroxylation is 1. The van der Waals surface area contributed by atoms with Crippen molar-refractivity contribution >= 4 is 51.2 Å². The van der Waals surface area contributed by atoms with E-state index in [4.69, 9.17) is 11.1 Å². The van der Waals surface area contributed by atoms with E-state index in [0.29, 0.717) is 17.8 Å². The molecule has 0 saturated carbocycles. The highest BCUT2D eigenvalue weighted by Crippen LogP contribution is 2.31. The molecule has 3 aromatic carbocycles. The number of benzene rings is 3. The zero-order chi connectivity index (χ0) is 24.3. The molecule has 0 fully saturated rings. The predicted molar refractivity (Wildman–Crippen MR) is 142 cm³/mol. The Morgan fingerprint density at radius 2 is 1.77 bits per heavy atom. The molecule has 1 heterocycles. The zero-order valence-electron chi connectivity index (χ0n) is 19.3. The fourth-order valence-corrected chi connectivity index (χ4v) is 5.08. The van der Waals surface area contributed by atoms with Crippen molar-refractivity contribution in [3.63, 3.8) is 0 Å². The molecule has 0 unspecified atom stereocenters. The number of likely N-dealkylation sites (N-methyl/N-ethyl adjacent to an activating group) is 1. The average molecular weight is 514 g/mol. The van der Waals surface area contributed by atoms with Gasteiger partial charge >= 0.3 is 0 Å². The minimum absolute atomic E-state index is 0. The van der Waals surface area contributed by atoms with Crippen molar-refractivity contribution in [2.75, 3.05) is 34.7 Å². The van der Waals surface area contributed by atoms with Crippen LogP contribution >= 0.6 is 12.4 Å². The van der Waals surface area contributed by atoms with E-state index < -0.39 is 10.0 Å². The van der Waals surface area contributed by atoms with Crippen LogP contribution in [0.2, 0.25) is 0 Å². The molecule has 4 rings (SSSR count). The van der Waals surface area contributed by atoms with Gasteiger partial charge < -0.3 is 15.5 Å². The molecule has 184 valence electrons. The van der Waals surface area contributed by atoms with Crippen LogP contribution in [0, 0.1) is 5.41 Å². The molecule has 1 aliphatic rings. The summed E-state index contributed by atoms with van der Waals surface area (Å²) in [5.41, 5.74) is 9.20. The van der Waals surface area contributed by atoms with Crippen LogP contribution in [0.1, 0.15) is 17.5 Å². The Balaban J connectivity index is 0.00000342. The van der Waals surface area contributed by atoms with Gasteiger partial charge in [-0.1, -0.05) is 18.2 Å². The van der Waals surface area contributed by atoms with E-state index in [9.17, 15) is 13.2 Å². The molecule has 1 aliphatic heterocycles. The highest BCUT2D eigenvalue weighted by Gasteiger charge is 2.24. The Morgan fingerprint density at radius 1 is 1.09 bits per heavy atom. The Hall–Kier alpha value is -3.56.